The second-order valence-corrected chi connectivity index (χ2v) is 12.5. The van der Waals surface area contributed by atoms with Crippen molar-refractivity contribution in [3.63, 3.8) is 0 Å². The van der Waals surface area contributed by atoms with E-state index in [-0.39, 0.29) is 14.9 Å². The number of aromatic nitrogens is 1. The standard InChI is InChI=1S/C24H20N4O5S3/c1-16-6-11-21-20(14-16)19-4-2-3-5-22(19)36(32,33)28(21)15-23(29)26-17-7-9-18(10-8-17)35(30,31)27-24-25-12-13-34-24/h2-14H,15H2,1H3,(H,25,27)(H,26,29). The molecule has 36 heavy (non-hydrogen) atoms. The Morgan fingerprint density at radius 3 is 2.50 bits per heavy atom. The molecule has 4 aromatic rings. The number of anilines is 3. The van der Waals surface area contributed by atoms with Crippen molar-refractivity contribution >= 4 is 53.8 Å². The molecule has 1 aliphatic rings. The SMILES string of the molecule is Cc1ccc2c(c1)-c1ccccc1S(=O)(=O)N2CC(=O)Nc1ccc(S(=O)(=O)Nc2nccs2)cc1. The third kappa shape index (κ3) is 4.45. The minimum Gasteiger partial charge on any atom is -0.325 e. The number of fused-ring (bicyclic) bond motifs is 3. The number of hydrogen-bond donors (Lipinski definition) is 2. The van der Waals surface area contributed by atoms with Gasteiger partial charge < -0.3 is 5.32 Å². The van der Waals surface area contributed by atoms with Gasteiger partial charge in [-0.3, -0.25) is 13.8 Å². The fourth-order valence-corrected chi connectivity index (χ4v) is 7.35. The van der Waals surface area contributed by atoms with Crippen molar-refractivity contribution in [1.82, 2.24) is 4.98 Å². The van der Waals surface area contributed by atoms with Gasteiger partial charge >= 0.3 is 0 Å². The minimum atomic E-state index is -3.97. The van der Waals surface area contributed by atoms with Crippen molar-refractivity contribution < 1.29 is 21.6 Å². The number of benzene rings is 3. The fourth-order valence-electron chi connectivity index (χ4n) is 3.91. The van der Waals surface area contributed by atoms with E-state index in [2.05, 4.69) is 15.0 Å². The van der Waals surface area contributed by atoms with Crippen molar-refractivity contribution in [2.24, 2.45) is 0 Å². The number of sulfonamides is 2. The quantitative estimate of drug-likeness (QED) is 0.380. The zero-order valence-electron chi connectivity index (χ0n) is 18.9. The van der Waals surface area contributed by atoms with Gasteiger partial charge in [-0.1, -0.05) is 29.8 Å². The Balaban J connectivity index is 1.37. The van der Waals surface area contributed by atoms with Gasteiger partial charge in [0.2, 0.25) is 5.91 Å². The number of aryl methyl sites for hydroxylation is 1. The number of rotatable bonds is 6. The summed E-state index contributed by atoms with van der Waals surface area (Å²) in [5.41, 5.74) is 3.04. The Hall–Kier alpha value is -3.74. The number of amides is 1. The summed E-state index contributed by atoms with van der Waals surface area (Å²) in [7, 11) is -7.80. The molecule has 0 fully saturated rings. The molecule has 0 unspecified atom stereocenters. The molecule has 5 rings (SSSR count). The fraction of sp³-hybridized carbons (Fsp3) is 0.0833. The van der Waals surface area contributed by atoms with Gasteiger partial charge in [-0.2, -0.15) is 0 Å². The van der Waals surface area contributed by atoms with E-state index >= 15 is 0 Å². The summed E-state index contributed by atoms with van der Waals surface area (Å²) >= 11 is 1.15. The normalized spacial score (nSPS) is 14.0. The molecule has 2 N–H and O–H groups in total. The van der Waals surface area contributed by atoms with Crippen LogP contribution >= 0.6 is 11.3 Å². The maximum Gasteiger partial charge on any atom is 0.265 e. The molecule has 0 saturated heterocycles. The third-order valence-electron chi connectivity index (χ3n) is 5.56. The number of thiazole rings is 1. The van der Waals surface area contributed by atoms with Gasteiger partial charge in [-0.15, -0.1) is 11.3 Å². The summed E-state index contributed by atoms with van der Waals surface area (Å²) in [6, 6.07) is 17.7. The van der Waals surface area contributed by atoms with Gasteiger partial charge in [-0.05, 0) is 49.4 Å². The molecule has 0 bridgehead atoms. The first kappa shape index (κ1) is 24.0. The molecule has 1 aliphatic heterocycles. The van der Waals surface area contributed by atoms with E-state index in [1.807, 2.05) is 13.0 Å². The first-order valence-corrected chi connectivity index (χ1v) is 14.5. The lowest BCUT2D eigenvalue weighted by molar-refractivity contribution is -0.114. The Labute approximate surface area is 212 Å². The van der Waals surface area contributed by atoms with Crippen molar-refractivity contribution in [1.29, 1.82) is 0 Å². The summed E-state index contributed by atoms with van der Waals surface area (Å²) in [6.45, 7) is 1.47. The molecular formula is C24H20N4O5S3. The largest absolute Gasteiger partial charge is 0.325 e. The number of carbonyl (C=O) groups excluding carboxylic acids is 1. The lowest BCUT2D eigenvalue weighted by Crippen LogP contribution is -2.40. The second-order valence-electron chi connectivity index (χ2n) is 8.04. The third-order valence-corrected chi connectivity index (χ3v) is 9.55. The van der Waals surface area contributed by atoms with E-state index in [1.165, 1.54) is 36.5 Å². The Bertz CT molecular complexity index is 1670. The average molecular weight is 541 g/mol. The summed E-state index contributed by atoms with van der Waals surface area (Å²) in [6.07, 6.45) is 1.49. The van der Waals surface area contributed by atoms with Crippen molar-refractivity contribution in [2.45, 2.75) is 16.7 Å². The molecule has 0 atom stereocenters. The lowest BCUT2D eigenvalue weighted by atomic mass is 10.0. The van der Waals surface area contributed by atoms with Gasteiger partial charge in [0, 0.05) is 28.4 Å². The van der Waals surface area contributed by atoms with Crippen LogP contribution in [0.5, 0.6) is 0 Å². The van der Waals surface area contributed by atoms with Crippen LogP contribution in [0, 0.1) is 6.92 Å². The van der Waals surface area contributed by atoms with Crippen LogP contribution in [0.2, 0.25) is 0 Å². The summed E-state index contributed by atoms with van der Waals surface area (Å²) in [5.74, 6) is -0.569. The smallest absolute Gasteiger partial charge is 0.265 e. The van der Waals surface area contributed by atoms with E-state index < -0.39 is 32.5 Å². The van der Waals surface area contributed by atoms with E-state index in [0.717, 1.165) is 26.8 Å². The molecule has 12 heteroatoms. The van der Waals surface area contributed by atoms with Crippen molar-refractivity contribution in [3.8, 4) is 11.1 Å². The summed E-state index contributed by atoms with van der Waals surface area (Å²) in [4.78, 5) is 16.9. The minimum absolute atomic E-state index is 0.00443. The van der Waals surface area contributed by atoms with E-state index in [1.54, 1.807) is 35.7 Å². The Morgan fingerprint density at radius 1 is 1.03 bits per heavy atom. The van der Waals surface area contributed by atoms with Crippen LogP contribution in [0.3, 0.4) is 0 Å². The highest BCUT2D eigenvalue weighted by Crippen LogP contribution is 2.43. The van der Waals surface area contributed by atoms with Crippen LogP contribution in [0.15, 0.2) is 88.1 Å². The molecular weight excluding hydrogens is 520 g/mol. The monoisotopic (exact) mass is 540 g/mol. The molecule has 1 aromatic heterocycles. The highest BCUT2D eigenvalue weighted by Gasteiger charge is 2.35. The molecule has 0 saturated carbocycles. The van der Waals surface area contributed by atoms with Crippen LogP contribution in [-0.2, 0) is 24.8 Å². The number of nitrogens with one attached hydrogen (secondary N) is 2. The van der Waals surface area contributed by atoms with Crippen molar-refractivity contribution in [2.75, 3.05) is 20.9 Å². The molecule has 1 amide bonds. The summed E-state index contributed by atoms with van der Waals surface area (Å²) < 4.78 is 55.3. The van der Waals surface area contributed by atoms with Gasteiger partial charge in [-0.25, -0.2) is 21.8 Å². The molecule has 0 radical (unpaired) electrons. The predicted molar refractivity (Wildman–Crippen MR) is 139 cm³/mol. The van der Waals surface area contributed by atoms with Crippen LogP contribution in [0.25, 0.3) is 11.1 Å². The maximum atomic E-state index is 13.4. The van der Waals surface area contributed by atoms with E-state index in [9.17, 15) is 21.6 Å². The highest BCUT2D eigenvalue weighted by atomic mass is 32.2. The van der Waals surface area contributed by atoms with Crippen molar-refractivity contribution in [3.05, 3.63) is 83.9 Å². The topological polar surface area (TPSA) is 126 Å². The first-order valence-electron chi connectivity index (χ1n) is 10.7. The summed E-state index contributed by atoms with van der Waals surface area (Å²) in [5, 5.41) is 4.54. The second kappa shape index (κ2) is 9.04. The molecule has 0 aliphatic carbocycles. The molecule has 3 aromatic carbocycles. The van der Waals surface area contributed by atoms with Gasteiger partial charge in [0.1, 0.15) is 6.54 Å². The molecule has 184 valence electrons. The molecule has 0 spiro atoms. The Kier molecular flexibility index (Phi) is 6.02. The first-order chi connectivity index (χ1) is 17.1. The number of hydrogen-bond acceptors (Lipinski definition) is 7. The average Bonchev–Trinajstić information content (AvgIpc) is 3.35. The van der Waals surface area contributed by atoms with Crippen LogP contribution in [0.4, 0.5) is 16.5 Å². The van der Waals surface area contributed by atoms with Crippen LogP contribution in [-0.4, -0.2) is 34.3 Å². The van der Waals surface area contributed by atoms with Crippen LogP contribution < -0.4 is 14.3 Å². The molecule has 2 heterocycles. The van der Waals surface area contributed by atoms with E-state index in [4.69, 9.17) is 0 Å². The van der Waals surface area contributed by atoms with Crippen LogP contribution in [0.1, 0.15) is 5.56 Å². The van der Waals surface area contributed by atoms with Gasteiger partial charge in [0.05, 0.1) is 15.5 Å². The number of carbonyl (C=O) groups is 1. The lowest BCUT2D eigenvalue weighted by Gasteiger charge is -2.31. The maximum absolute atomic E-state index is 13.4. The van der Waals surface area contributed by atoms with Gasteiger partial charge in [0.25, 0.3) is 20.0 Å². The molecule has 9 nitrogen and oxygen atoms in total. The van der Waals surface area contributed by atoms with Gasteiger partial charge in [0.15, 0.2) is 5.13 Å². The highest BCUT2D eigenvalue weighted by molar-refractivity contribution is 7.93. The Morgan fingerprint density at radius 2 is 1.78 bits per heavy atom. The number of nitrogens with zero attached hydrogens (tertiary/aromatic N) is 2. The zero-order chi connectivity index (χ0) is 25.5. The van der Waals surface area contributed by atoms with E-state index in [0.29, 0.717) is 16.9 Å². The zero-order valence-corrected chi connectivity index (χ0v) is 21.3. The predicted octanol–water partition coefficient (Wildman–Crippen LogP) is 4.07.